The zero-order valence-corrected chi connectivity index (χ0v) is 23.1. The summed E-state index contributed by atoms with van der Waals surface area (Å²) in [5, 5.41) is 33.0. The molecule has 1 aromatic carbocycles. The van der Waals surface area contributed by atoms with Crippen LogP contribution in [0.3, 0.4) is 0 Å². The minimum Gasteiger partial charge on any atom is -0.507 e. The zero-order valence-electron chi connectivity index (χ0n) is 22.3. The maximum atomic E-state index is 12.3. The monoisotopic (exact) mass is 583 g/mol. The number of nitrogens with two attached hydrogens (primary N) is 2. The number of aliphatic hydroxyl groups excluding tert-OH is 2. The van der Waals surface area contributed by atoms with Crippen LogP contribution in [-0.2, 0) is 19.2 Å². The Balaban J connectivity index is 1.49. The molecule has 1 amide bonds. The van der Waals surface area contributed by atoms with E-state index in [1.165, 1.54) is 28.8 Å². The molecule has 40 heavy (non-hydrogen) atoms. The van der Waals surface area contributed by atoms with Gasteiger partial charge in [-0.3, -0.25) is 13.5 Å². The van der Waals surface area contributed by atoms with E-state index in [0.717, 1.165) is 19.6 Å². The van der Waals surface area contributed by atoms with E-state index < -0.39 is 59.3 Å². The Labute approximate surface area is 231 Å². The first-order valence-corrected chi connectivity index (χ1v) is 14.1. The van der Waals surface area contributed by atoms with Crippen molar-refractivity contribution in [3.8, 4) is 5.75 Å². The van der Waals surface area contributed by atoms with Crippen LogP contribution in [0.5, 0.6) is 5.75 Å². The van der Waals surface area contributed by atoms with Crippen LogP contribution < -0.4 is 16.2 Å². The molecule has 1 saturated heterocycles. The number of phenolic OH excluding ortho intramolecular Hbond substituents is 1. The quantitative estimate of drug-likeness (QED) is 0.189. The number of ether oxygens (including phenoxy) is 1. The van der Waals surface area contributed by atoms with E-state index in [9.17, 15) is 28.5 Å². The molecule has 3 unspecified atom stereocenters. The van der Waals surface area contributed by atoms with E-state index in [-0.39, 0.29) is 17.3 Å². The molecule has 2 aliphatic rings. The highest BCUT2D eigenvalue weighted by atomic mass is 32.2. The molecule has 2 aliphatic heterocycles. The number of carbonyl (C=O) groups is 1. The van der Waals surface area contributed by atoms with Crippen LogP contribution in [0.25, 0.3) is 0 Å². The molecule has 0 bridgehead atoms. The molecule has 220 valence electrons. The maximum absolute atomic E-state index is 12.3. The summed E-state index contributed by atoms with van der Waals surface area (Å²) in [7, 11) is -4.68. The molecule has 1 aromatic heterocycles. The third-order valence-electron chi connectivity index (χ3n) is 7.40. The number of aliphatic imine (C=N–C) groups is 1. The Morgan fingerprint density at radius 1 is 1.18 bits per heavy atom. The van der Waals surface area contributed by atoms with Gasteiger partial charge >= 0.3 is 10.3 Å². The average molecular weight is 584 g/mol. The van der Waals surface area contributed by atoms with Crippen LogP contribution in [0.4, 0.5) is 11.8 Å². The SMILES string of the molecule is CC[N+](CC)(CC)N1C=Nc2c(nc(N)n2[C@@H]2O[C@H](COS(=O)(=O)NC(=O)c3ccccc3O)C(O)C2O)C1N. The van der Waals surface area contributed by atoms with Gasteiger partial charge in [-0.05, 0) is 32.9 Å². The van der Waals surface area contributed by atoms with Crippen LogP contribution in [0, 0.1) is 0 Å². The number of aromatic hydroxyl groups is 1. The van der Waals surface area contributed by atoms with Gasteiger partial charge in [0, 0.05) is 0 Å². The Hall–Kier alpha value is -3.32. The van der Waals surface area contributed by atoms with Gasteiger partial charge in [0.15, 0.2) is 18.2 Å². The summed E-state index contributed by atoms with van der Waals surface area (Å²) in [5.74, 6) is -1.40. The number of quaternary nitrogens is 1. The maximum Gasteiger partial charge on any atom is 0.362 e. The summed E-state index contributed by atoms with van der Waals surface area (Å²) in [6.07, 6.45) is -4.91. The Kier molecular flexibility index (Phi) is 8.36. The number of nitrogens with zero attached hydrogens (tertiary/aromatic N) is 5. The number of para-hydroxylation sites is 1. The van der Waals surface area contributed by atoms with Crippen molar-refractivity contribution >= 4 is 34.3 Å². The number of phenols is 1. The third-order valence-corrected chi connectivity index (χ3v) is 8.29. The first-order valence-electron chi connectivity index (χ1n) is 12.7. The molecule has 8 N–H and O–H groups in total. The number of amides is 1. The van der Waals surface area contributed by atoms with Gasteiger partial charge in [0.05, 0.1) is 31.8 Å². The van der Waals surface area contributed by atoms with Gasteiger partial charge < -0.3 is 31.5 Å². The zero-order chi connectivity index (χ0) is 29.4. The molecule has 0 saturated carbocycles. The lowest BCUT2D eigenvalue weighted by molar-refractivity contribution is -1.02. The highest BCUT2D eigenvalue weighted by molar-refractivity contribution is 7.85. The van der Waals surface area contributed by atoms with Crippen molar-refractivity contribution in [2.24, 2.45) is 10.7 Å². The highest BCUT2D eigenvalue weighted by Crippen LogP contribution is 2.40. The first kappa shape index (κ1) is 29.7. The van der Waals surface area contributed by atoms with Crippen molar-refractivity contribution in [1.29, 1.82) is 0 Å². The minimum atomic E-state index is -4.68. The molecular formula is C23H35N8O8S+. The molecular weight excluding hydrogens is 548 g/mol. The molecule has 4 rings (SSSR count). The fraction of sp³-hybridized carbons (Fsp3) is 0.522. The minimum absolute atomic E-state index is 0.0811. The molecule has 0 aliphatic carbocycles. The van der Waals surface area contributed by atoms with Gasteiger partial charge in [-0.1, -0.05) is 12.1 Å². The van der Waals surface area contributed by atoms with Crippen molar-refractivity contribution in [3.05, 3.63) is 35.5 Å². The van der Waals surface area contributed by atoms with Gasteiger partial charge in [-0.15, -0.1) is 0 Å². The first-order chi connectivity index (χ1) is 18.9. The van der Waals surface area contributed by atoms with Crippen molar-refractivity contribution in [3.63, 3.8) is 0 Å². The van der Waals surface area contributed by atoms with E-state index in [4.69, 9.17) is 20.4 Å². The smallest absolute Gasteiger partial charge is 0.362 e. The van der Waals surface area contributed by atoms with Crippen molar-refractivity contribution < 1.29 is 42.0 Å². The summed E-state index contributed by atoms with van der Waals surface area (Å²) >= 11 is 0. The number of imidazole rings is 1. The summed E-state index contributed by atoms with van der Waals surface area (Å²) in [6, 6.07) is 5.34. The van der Waals surface area contributed by atoms with Crippen molar-refractivity contribution in [2.45, 2.75) is 51.5 Å². The molecule has 3 heterocycles. The molecule has 2 aromatic rings. The summed E-state index contributed by atoms with van der Waals surface area (Å²) < 4.78 is 38.7. The normalized spacial score (nSPS) is 24.8. The topological polar surface area (TPSA) is 228 Å². The Morgan fingerprint density at radius 3 is 2.45 bits per heavy atom. The number of nitrogens with one attached hydrogen (secondary N) is 1. The third kappa shape index (κ3) is 5.24. The van der Waals surface area contributed by atoms with Gasteiger partial charge in [0.2, 0.25) is 5.95 Å². The number of rotatable bonds is 10. The fourth-order valence-electron chi connectivity index (χ4n) is 4.98. The number of hydrogen-bond donors (Lipinski definition) is 6. The molecule has 17 heteroatoms. The molecule has 5 atom stereocenters. The summed E-state index contributed by atoms with van der Waals surface area (Å²) in [5.41, 5.74) is 12.8. The second-order valence-corrected chi connectivity index (χ2v) is 10.7. The number of anilines is 1. The number of fused-ring (bicyclic) bond motifs is 1. The van der Waals surface area contributed by atoms with Gasteiger partial charge in [0.1, 0.15) is 36.1 Å². The van der Waals surface area contributed by atoms with Gasteiger partial charge in [0.25, 0.3) is 5.91 Å². The molecule has 0 radical (unpaired) electrons. The van der Waals surface area contributed by atoms with E-state index in [2.05, 4.69) is 9.98 Å². The lowest BCUT2D eigenvalue weighted by atomic mass is 10.1. The van der Waals surface area contributed by atoms with E-state index in [0.29, 0.717) is 10.3 Å². The number of aromatic nitrogens is 2. The second kappa shape index (κ2) is 11.3. The number of benzene rings is 1. The summed E-state index contributed by atoms with van der Waals surface area (Å²) in [6.45, 7) is 7.64. The second-order valence-electron chi connectivity index (χ2n) is 9.40. The van der Waals surface area contributed by atoms with Crippen LogP contribution >= 0.6 is 0 Å². The molecule has 16 nitrogen and oxygen atoms in total. The fourth-order valence-corrected chi connectivity index (χ4v) is 5.69. The number of aliphatic hydroxyl groups is 2. The molecule has 0 spiro atoms. The van der Waals surface area contributed by atoms with E-state index in [1.807, 2.05) is 25.8 Å². The lowest BCUT2D eigenvalue weighted by Crippen LogP contribution is -2.62. The average Bonchev–Trinajstić information content (AvgIpc) is 3.40. The van der Waals surface area contributed by atoms with Crippen LogP contribution in [0.2, 0.25) is 0 Å². The van der Waals surface area contributed by atoms with Crippen LogP contribution in [-0.4, -0.2) is 99.7 Å². The van der Waals surface area contributed by atoms with Crippen LogP contribution in [0.15, 0.2) is 29.3 Å². The van der Waals surface area contributed by atoms with Gasteiger partial charge in [-0.25, -0.2) is 19.3 Å². The Bertz CT molecular complexity index is 1370. The number of hydrogen-bond acceptors (Lipinski definition) is 13. The predicted molar refractivity (Wildman–Crippen MR) is 142 cm³/mol. The summed E-state index contributed by atoms with van der Waals surface area (Å²) in [4.78, 5) is 21.1. The molecule has 1 fully saturated rings. The number of carbonyl (C=O) groups excluding carboxylic acids is 1. The van der Waals surface area contributed by atoms with E-state index in [1.54, 1.807) is 11.1 Å². The van der Waals surface area contributed by atoms with Crippen molar-refractivity contribution in [1.82, 2.24) is 19.3 Å². The lowest BCUT2D eigenvalue weighted by Gasteiger charge is -2.46. The van der Waals surface area contributed by atoms with Gasteiger partial charge in [-0.2, -0.15) is 13.4 Å². The number of nitrogen functional groups attached to an aromatic ring is 1. The van der Waals surface area contributed by atoms with E-state index >= 15 is 0 Å². The largest absolute Gasteiger partial charge is 0.507 e. The van der Waals surface area contributed by atoms with Crippen molar-refractivity contribution in [2.75, 3.05) is 32.0 Å². The standard InChI is InChI=1S/C23H34N8O8S/c1-4-31(5-2,6-3)29-12-26-20-16(19(29)24)27-23(25)30(20)22-18(34)17(33)15(39-22)11-38-40(36,37)28-21(35)13-9-7-8-10-14(13)32/h7-10,12,15,17-19,22,33-34H,4-6,11,24H2,1-3H3,(H3-,25,27,28,32,35)/p+1/t15-,17?,18?,19?,22-/m1/s1. The highest BCUT2D eigenvalue weighted by Gasteiger charge is 2.48. The predicted octanol–water partition coefficient (Wildman–Crippen LogP) is -0.794. The van der Waals surface area contributed by atoms with Crippen LogP contribution in [0.1, 0.15) is 49.2 Å². The Morgan fingerprint density at radius 2 is 1.82 bits per heavy atom.